The molecule has 142 valence electrons. The summed E-state index contributed by atoms with van der Waals surface area (Å²) in [6.45, 7) is -0.266. The van der Waals surface area contributed by atoms with Crippen molar-refractivity contribution in [3.05, 3.63) is 41.2 Å². The lowest BCUT2D eigenvalue weighted by molar-refractivity contribution is -0.137. The molecule has 0 unspecified atom stereocenters. The fourth-order valence-corrected chi connectivity index (χ4v) is 2.96. The van der Waals surface area contributed by atoms with Crippen LogP contribution in [-0.2, 0) is 28.5 Å². The van der Waals surface area contributed by atoms with Crippen LogP contribution in [0, 0.1) is 0 Å². The van der Waals surface area contributed by atoms with E-state index in [2.05, 4.69) is 19.7 Å². The van der Waals surface area contributed by atoms with Crippen LogP contribution in [0.1, 0.15) is 17.0 Å². The first-order valence-electron chi connectivity index (χ1n) is 7.09. The molecule has 0 aliphatic carbocycles. The van der Waals surface area contributed by atoms with Crippen molar-refractivity contribution in [1.29, 1.82) is 0 Å². The molecule has 1 aromatic carbocycles. The Balaban J connectivity index is 2.05. The third-order valence-electron chi connectivity index (χ3n) is 3.09. The molecule has 0 bridgehead atoms. The van der Waals surface area contributed by atoms with E-state index in [0.717, 1.165) is 24.3 Å². The Hall–Kier alpha value is -2.47. The Labute approximate surface area is 147 Å². The Kier molecular flexibility index (Phi) is 5.97. The van der Waals surface area contributed by atoms with E-state index in [1.54, 1.807) is 0 Å². The van der Waals surface area contributed by atoms with Crippen molar-refractivity contribution in [2.45, 2.75) is 18.5 Å². The Bertz CT molecular complexity index is 835. The Morgan fingerprint density at radius 1 is 1.00 bits per heavy atom. The third-order valence-corrected chi connectivity index (χ3v) is 4.39. The maximum atomic E-state index is 12.5. The molecule has 26 heavy (non-hydrogen) atoms. The Morgan fingerprint density at radius 3 is 2.00 bits per heavy atom. The standard InChI is InChI=1S/C14H15F3N4O4S/c1-24-12-19-11(20-13(21-12)25-2)7-18-26(22,23)8-9-3-5-10(6-4-9)14(15,16)17/h3-6,18H,7-8H2,1-2H3. The van der Waals surface area contributed by atoms with Crippen LogP contribution in [-0.4, -0.2) is 37.6 Å². The molecule has 0 spiro atoms. The van der Waals surface area contributed by atoms with E-state index >= 15 is 0 Å². The van der Waals surface area contributed by atoms with Gasteiger partial charge in [-0.3, -0.25) is 0 Å². The van der Waals surface area contributed by atoms with E-state index in [1.165, 1.54) is 14.2 Å². The predicted octanol–water partition coefficient (Wildman–Crippen LogP) is 1.53. The summed E-state index contributed by atoms with van der Waals surface area (Å²) in [6, 6.07) is 3.77. The highest BCUT2D eigenvalue weighted by Gasteiger charge is 2.30. The number of hydrogen-bond acceptors (Lipinski definition) is 7. The van der Waals surface area contributed by atoms with Crippen molar-refractivity contribution in [3.63, 3.8) is 0 Å². The van der Waals surface area contributed by atoms with Crippen LogP contribution in [0.2, 0.25) is 0 Å². The number of aromatic nitrogens is 3. The quantitative estimate of drug-likeness (QED) is 0.762. The van der Waals surface area contributed by atoms with Crippen molar-refractivity contribution in [2.75, 3.05) is 14.2 Å². The maximum absolute atomic E-state index is 12.5. The van der Waals surface area contributed by atoms with E-state index in [-0.39, 0.29) is 30.0 Å². The number of nitrogens with one attached hydrogen (secondary N) is 1. The fraction of sp³-hybridized carbons (Fsp3) is 0.357. The summed E-state index contributed by atoms with van der Waals surface area (Å²) in [7, 11) is -1.18. The summed E-state index contributed by atoms with van der Waals surface area (Å²) >= 11 is 0. The predicted molar refractivity (Wildman–Crippen MR) is 83.8 cm³/mol. The van der Waals surface area contributed by atoms with E-state index in [9.17, 15) is 21.6 Å². The average Bonchev–Trinajstić information content (AvgIpc) is 2.59. The second kappa shape index (κ2) is 7.83. The lowest BCUT2D eigenvalue weighted by Crippen LogP contribution is -2.26. The molecule has 2 rings (SSSR count). The van der Waals surface area contributed by atoms with Crippen molar-refractivity contribution in [1.82, 2.24) is 19.7 Å². The maximum Gasteiger partial charge on any atom is 0.416 e. The summed E-state index contributed by atoms with van der Waals surface area (Å²) in [5, 5.41) is 0. The van der Waals surface area contributed by atoms with Crippen LogP contribution < -0.4 is 14.2 Å². The average molecular weight is 392 g/mol. The highest BCUT2D eigenvalue weighted by molar-refractivity contribution is 7.88. The van der Waals surface area contributed by atoms with Gasteiger partial charge in [0, 0.05) is 0 Å². The molecule has 2 aromatic rings. The zero-order valence-corrected chi connectivity index (χ0v) is 14.6. The molecule has 0 fully saturated rings. The molecule has 1 heterocycles. The summed E-state index contributed by atoms with van der Waals surface area (Å²) in [4.78, 5) is 11.5. The largest absolute Gasteiger partial charge is 0.467 e. The van der Waals surface area contributed by atoms with Crippen LogP contribution >= 0.6 is 0 Å². The molecule has 0 saturated heterocycles. The van der Waals surface area contributed by atoms with Gasteiger partial charge in [-0.25, -0.2) is 13.1 Å². The van der Waals surface area contributed by atoms with Crippen LogP contribution in [0.3, 0.4) is 0 Å². The molecule has 1 N–H and O–H groups in total. The second-order valence-electron chi connectivity index (χ2n) is 5.00. The van der Waals surface area contributed by atoms with Crippen molar-refractivity contribution in [2.24, 2.45) is 0 Å². The molecule has 12 heteroatoms. The number of nitrogens with zero attached hydrogens (tertiary/aromatic N) is 3. The molecular weight excluding hydrogens is 377 g/mol. The summed E-state index contributed by atoms with van der Waals surface area (Å²) < 4.78 is 73.7. The Morgan fingerprint density at radius 2 is 1.54 bits per heavy atom. The van der Waals surface area contributed by atoms with Crippen molar-refractivity contribution in [3.8, 4) is 12.0 Å². The SMILES string of the molecule is COc1nc(CNS(=O)(=O)Cc2ccc(C(F)(F)F)cc2)nc(OC)n1. The second-order valence-corrected chi connectivity index (χ2v) is 6.81. The zero-order valence-electron chi connectivity index (χ0n) is 13.7. The van der Waals surface area contributed by atoms with E-state index in [0.29, 0.717) is 0 Å². The number of sulfonamides is 1. The molecule has 1 aromatic heterocycles. The first kappa shape index (κ1) is 19.8. The minimum atomic E-state index is -4.48. The third kappa shape index (κ3) is 5.52. The number of benzene rings is 1. The molecule has 0 saturated carbocycles. The highest BCUT2D eigenvalue weighted by Crippen LogP contribution is 2.29. The van der Waals surface area contributed by atoms with Crippen molar-refractivity contribution < 1.29 is 31.1 Å². The number of rotatable bonds is 7. The number of halogens is 3. The van der Waals surface area contributed by atoms with Gasteiger partial charge in [0.2, 0.25) is 10.0 Å². The summed E-state index contributed by atoms with van der Waals surface area (Å²) in [5.41, 5.74) is -0.646. The lowest BCUT2D eigenvalue weighted by Gasteiger charge is -2.09. The van der Waals surface area contributed by atoms with Gasteiger partial charge in [0.25, 0.3) is 0 Å². The molecular formula is C14H15F3N4O4S. The lowest BCUT2D eigenvalue weighted by atomic mass is 10.1. The zero-order chi connectivity index (χ0) is 19.4. The van der Waals surface area contributed by atoms with Gasteiger partial charge in [-0.15, -0.1) is 4.98 Å². The topological polar surface area (TPSA) is 103 Å². The van der Waals surface area contributed by atoms with Gasteiger partial charge in [-0.1, -0.05) is 12.1 Å². The van der Waals surface area contributed by atoms with Crippen LogP contribution in [0.5, 0.6) is 12.0 Å². The van der Waals surface area contributed by atoms with Gasteiger partial charge in [-0.05, 0) is 17.7 Å². The number of ether oxygens (including phenoxy) is 2. The summed E-state index contributed by atoms with van der Waals surface area (Å²) in [5.74, 6) is -0.436. The molecule has 8 nitrogen and oxygen atoms in total. The molecule has 0 aliphatic rings. The number of hydrogen-bond donors (Lipinski definition) is 1. The fourth-order valence-electron chi connectivity index (χ4n) is 1.87. The summed E-state index contributed by atoms with van der Waals surface area (Å²) in [6.07, 6.45) is -4.48. The molecule has 0 radical (unpaired) electrons. The molecule has 0 aliphatic heterocycles. The van der Waals surface area contributed by atoms with Gasteiger partial charge < -0.3 is 9.47 Å². The van der Waals surface area contributed by atoms with Gasteiger partial charge in [0.15, 0.2) is 5.82 Å². The number of methoxy groups -OCH3 is 2. The van der Waals surface area contributed by atoms with Gasteiger partial charge in [-0.2, -0.15) is 23.1 Å². The highest BCUT2D eigenvalue weighted by atomic mass is 32.2. The van der Waals surface area contributed by atoms with Gasteiger partial charge in [0.05, 0.1) is 32.1 Å². The van der Waals surface area contributed by atoms with Crippen LogP contribution in [0.25, 0.3) is 0 Å². The van der Waals surface area contributed by atoms with Crippen LogP contribution in [0.4, 0.5) is 13.2 Å². The van der Waals surface area contributed by atoms with Crippen molar-refractivity contribution >= 4 is 10.0 Å². The number of alkyl halides is 3. The minimum absolute atomic E-state index is 0.0474. The van der Waals surface area contributed by atoms with Crippen LogP contribution in [0.15, 0.2) is 24.3 Å². The molecule has 0 amide bonds. The van der Waals surface area contributed by atoms with E-state index in [4.69, 9.17) is 9.47 Å². The first-order chi connectivity index (χ1) is 12.1. The van der Waals surface area contributed by atoms with Gasteiger partial charge in [0.1, 0.15) is 0 Å². The van der Waals surface area contributed by atoms with E-state index in [1.807, 2.05) is 0 Å². The smallest absolute Gasteiger partial charge is 0.416 e. The first-order valence-corrected chi connectivity index (χ1v) is 8.74. The van der Waals surface area contributed by atoms with Gasteiger partial charge >= 0.3 is 18.2 Å². The normalized spacial score (nSPS) is 12.0. The van der Waals surface area contributed by atoms with E-state index < -0.39 is 27.5 Å². The minimum Gasteiger partial charge on any atom is -0.467 e. The molecule has 0 atom stereocenters. The monoisotopic (exact) mass is 392 g/mol.